The Balaban J connectivity index is 0.000000164. The number of para-hydroxylation sites is 3. The maximum absolute atomic E-state index is 11.9. The molecule has 0 bridgehead atoms. The lowest BCUT2D eigenvalue weighted by atomic mass is 9.81. The van der Waals surface area contributed by atoms with Gasteiger partial charge >= 0.3 is 11.9 Å². The number of nitrogens with one attached hydrogen (secondary N) is 2. The number of aliphatic carboxylic acids is 2. The number of hydrogen-bond donors (Lipinski definition) is 4. The van der Waals surface area contributed by atoms with Crippen LogP contribution < -0.4 is 24.8 Å². The minimum Gasteiger partial charge on any atom is -0.481 e. The summed E-state index contributed by atoms with van der Waals surface area (Å²) in [7, 11) is 3.99. The first kappa shape index (κ1) is 57.8. The highest BCUT2D eigenvalue weighted by molar-refractivity contribution is 15.0. The third-order valence-corrected chi connectivity index (χ3v) is 13.7. The number of likely N-dealkylation sites (N-methyl/N-ethyl adjacent to an activating group) is 3. The van der Waals surface area contributed by atoms with Crippen LogP contribution in [0.1, 0.15) is 88.8 Å². The largest absolute Gasteiger partial charge is 0.481 e. The number of carboxylic acid groups (broad SMARTS) is 2. The van der Waals surface area contributed by atoms with Crippen LogP contribution in [0, 0.1) is 0 Å². The molecule has 5 heterocycles. The van der Waals surface area contributed by atoms with Crippen LogP contribution >= 0.6 is 96.0 Å². The molecule has 0 unspecified atom stereocenters. The number of likely N-dealkylation sites (tertiary alicyclic amines) is 1. The maximum atomic E-state index is 11.9. The van der Waals surface area contributed by atoms with Gasteiger partial charge in [-0.3, -0.25) is 9.59 Å². The normalized spacial score (nSPS) is 20.4. The van der Waals surface area contributed by atoms with Gasteiger partial charge in [0.05, 0.1) is 12.0 Å². The predicted molar refractivity (Wildman–Crippen MR) is 314 cm³/mol. The maximum Gasteiger partial charge on any atom is 0.313 e. The molecule has 0 aliphatic carbocycles. The molecule has 72 heavy (non-hydrogen) atoms. The van der Waals surface area contributed by atoms with Gasteiger partial charge in [-0.25, -0.2) is 0 Å². The van der Waals surface area contributed by atoms with E-state index in [-0.39, 0.29) is 29.9 Å². The average Bonchev–Trinajstić information content (AvgIpc) is 4.01. The molecule has 17 heteroatoms. The van der Waals surface area contributed by atoms with Crippen LogP contribution in [0.5, 0.6) is 34.5 Å². The lowest BCUT2D eigenvalue weighted by molar-refractivity contribution is -0.140. The number of ether oxygens (including phenoxy) is 4. The van der Waals surface area contributed by atoms with Gasteiger partial charge in [0.25, 0.3) is 0 Å². The first-order valence-corrected chi connectivity index (χ1v) is 30.8. The minimum atomic E-state index is -0.894. The standard InChI is InChI=1S/2C17H16ClNO3.C17H16ClNO.C4H8O.I2.HI/c1-19-9-13-11-4-2-3-5-14(11)22-15-7-6-10(18)8-12(15)16(13)17(20)21;1-2-19-16-12-9-10(18)7-8-14(12)22-13-6-4-3-5-11(13)15(16)17(20)21;1-19-9-14-12-4-2-3-5-16(12)20-17-7-6-11(18)8-13(17)15(14)10-19;1-2-4-5-3-1;1-2;/h2-8,13,16,19H,9H2,1H3,(H,20,21);3-9,15-16,19H,2H2,1H3,(H,20,21);2-8,14-15H,9-10H2,1H3;1-4H2;;1H/t13-,16-;15-,16-;14-,15-;;;/m111.../s1. The van der Waals surface area contributed by atoms with Crippen LogP contribution in [0.25, 0.3) is 0 Å². The minimum absolute atomic E-state index is 0. The zero-order valence-corrected chi connectivity index (χ0v) is 48.7. The van der Waals surface area contributed by atoms with E-state index in [4.69, 9.17) is 53.8 Å². The van der Waals surface area contributed by atoms with Crippen LogP contribution in [-0.4, -0.2) is 80.5 Å². The smallest absolute Gasteiger partial charge is 0.313 e. The number of carbonyl (C=O) groups is 2. The van der Waals surface area contributed by atoms with Gasteiger partial charge in [0.2, 0.25) is 0 Å². The Kier molecular flexibility index (Phi) is 22.4. The Bertz CT molecular complexity index is 2780. The van der Waals surface area contributed by atoms with Gasteiger partial charge in [-0.2, -0.15) is 0 Å². The average molecular weight is 1380 g/mol. The first-order valence-electron chi connectivity index (χ1n) is 23.4. The highest BCUT2D eigenvalue weighted by Crippen LogP contribution is 2.51. The zero-order chi connectivity index (χ0) is 50.6. The van der Waals surface area contributed by atoms with Gasteiger partial charge < -0.3 is 44.7 Å². The van der Waals surface area contributed by atoms with Gasteiger partial charge in [-0.05, 0) is 112 Å². The molecule has 0 amide bonds. The predicted octanol–water partition coefficient (Wildman–Crippen LogP) is 15.0. The van der Waals surface area contributed by atoms with Gasteiger partial charge in [0.1, 0.15) is 40.4 Å². The number of carboxylic acids is 2. The summed E-state index contributed by atoms with van der Waals surface area (Å²) in [4.78, 5) is 26.3. The summed E-state index contributed by atoms with van der Waals surface area (Å²) >= 11 is 22.6. The lowest BCUT2D eigenvalue weighted by Gasteiger charge is -2.24. The Morgan fingerprint density at radius 1 is 0.597 bits per heavy atom. The highest BCUT2D eigenvalue weighted by Gasteiger charge is 2.40. The number of halogens is 6. The second-order valence-electron chi connectivity index (χ2n) is 17.6. The van der Waals surface area contributed by atoms with Crippen molar-refractivity contribution >= 4 is 108 Å². The van der Waals surface area contributed by atoms with Gasteiger partial charge in [0, 0.05) is 131 Å². The van der Waals surface area contributed by atoms with Gasteiger partial charge in [-0.1, -0.05) is 96.3 Å². The molecular weight excluding hydrogens is 1320 g/mol. The van der Waals surface area contributed by atoms with Crippen molar-refractivity contribution in [1.29, 1.82) is 0 Å². The molecule has 6 aromatic carbocycles. The van der Waals surface area contributed by atoms with E-state index in [1.165, 1.54) is 24.0 Å². The molecule has 6 aromatic rings. The topological polar surface area (TPSA) is 139 Å². The summed E-state index contributed by atoms with van der Waals surface area (Å²) in [6.45, 7) is 7.24. The van der Waals surface area contributed by atoms with E-state index in [0.29, 0.717) is 69.1 Å². The summed E-state index contributed by atoms with van der Waals surface area (Å²) in [5, 5.41) is 27.8. The number of rotatable bonds is 6. The van der Waals surface area contributed by atoms with Crippen molar-refractivity contribution in [2.75, 3.05) is 53.5 Å². The Morgan fingerprint density at radius 2 is 1.01 bits per heavy atom. The molecule has 5 aliphatic rings. The third kappa shape index (κ3) is 13.9. The van der Waals surface area contributed by atoms with E-state index in [9.17, 15) is 19.8 Å². The van der Waals surface area contributed by atoms with Crippen molar-refractivity contribution in [3.05, 3.63) is 176 Å². The summed E-state index contributed by atoms with van der Waals surface area (Å²) in [5.74, 6) is 1.83. The summed E-state index contributed by atoms with van der Waals surface area (Å²) in [6, 6.07) is 39.2. The van der Waals surface area contributed by atoms with E-state index < -0.39 is 29.8 Å². The monoisotopic (exact) mass is 1370 g/mol. The fraction of sp³-hybridized carbons (Fsp3) is 0.309. The van der Waals surface area contributed by atoms with Crippen LogP contribution in [0.15, 0.2) is 127 Å². The molecule has 6 atom stereocenters. The number of benzene rings is 6. The van der Waals surface area contributed by atoms with E-state index >= 15 is 0 Å². The second-order valence-corrected chi connectivity index (χ2v) is 18.9. The molecule has 0 saturated carbocycles. The van der Waals surface area contributed by atoms with Gasteiger partial charge in [-0.15, -0.1) is 24.0 Å². The number of nitrogens with zero attached hydrogens (tertiary/aromatic N) is 1. The highest BCUT2D eigenvalue weighted by atomic mass is 128. The summed E-state index contributed by atoms with van der Waals surface area (Å²) in [6.07, 6.45) is 2.56. The van der Waals surface area contributed by atoms with E-state index in [0.717, 1.165) is 54.0 Å². The summed E-state index contributed by atoms with van der Waals surface area (Å²) in [5.41, 5.74) is 5.47. The molecular formula is C55H57Cl3I3N3O8. The summed E-state index contributed by atoms with van der Waals surface area (Å²) < 4.78 is 23.0. The number of fused-ring (bicyclic) bond motifs is 9. The van der Waals surface area contributed by atoms with Crippen molar-refractivity contribution in [2.45, 2.75) is 55.4 Å². The van der Waals surface area contributed by atoms with E-state index in [1.807, 2.05) is 68.6 Å². The van der Waals surface area contributed by atoms with Crippen molar-refractivity contribution < 1.29 is 38.7 Å². The van der Waals surface area contributed by atoms with Crippen LogP contribution in [0.3, 0.4) is 0 Å². The van der Waals surface area contributed by atoms with Gasteiger partial charge in [0.15, 0.2) is 0 Å². The van der Waals surface area contributed by atoms with Crippen LogP contribution in [-0.2, 0) is 14.3 Å². The van der Waals surface area contributed by atoms with Crippen LogP contribution in [0.4, 0.5) is 0 Å². The molecule has 0 radical (unpaired) electrons. The van der Waals surface area contributed by atoms with Crippen molar-refractivity contribution in [3.63, 3.8) is 0 Å². The molecule has 0 aromatic heterocycles. The molecule has 382 valence electrons. The van der Waals surface area contributed by atoms with Crippen LogP contribution in [0.2, 0.25) is 15.1 Å². The molecule has 5 aliphatic heterocycles. The SMILES string of the molecule is C1CCOC1.CCN[C@@H]1c2cc(Cl)ccc2Oc2ccccc2[C@H]1C(=O)O.CN1C[C@@H]2c3ccccc3Oc3ccc(Cl)cc3[C@H]2C1.CNC[C@@H]1c2ccccc2Oc2ccc(Cl)cc2[C@H]1C(=O)O.I.II. The molecule has 2 fully saturated rings. The Labute approximate surface area is 476 Å². The first-order chi connectivity index (χ1) is 34.4. The second kappa shape index (κ2) is 27.9. The number of hydrogen-bond acceptors (Lipinski definition) is 9. The molecule has 11 nitrogen and oxygen atoms in total. The molecule has 4 N–H and O–H groups in total. The Morgan fingerprint density at radius 3 is 1.51 bits per heavy atom. The Hall–Kier alpha value is -3.44. The van der Waals surface area contributed by atoms with Crippen molar-refractivity contribution in [1.82, 2.24) is 15.5 Å². The fourth-order valence-corrected chi connectivity index (χ4v) is 10.5. The van der Waals surface area contributed by atoms with Crippen molar-refractivity contribution in [3.8, 4) is 34.5 Å². The van der Waals surface area contributed by atoms with E-state index in [2.05, 4.69) is 84.1 Å². The molecule has 11 rings (SSSR count). The molecule has 0 spiro atoms. The van der Waals surface area contributed by atoms with Crippen molar-refractivity contribution in [2.24, 2.45) is 0 Å². The lowest BCUT2D eigenvalue weighted by Crippen LogP contribution is -2.31. The fourth-order valence-electron chi connectivity index (χ4n) is 9.93. The molecule has 2 saturated heterocycles. The third-order valence-electron chi connectivity index (χ3n) is 13.0. The zero-order valence-electron chi connectivity index (χ0n) is 39.8. The van der Waals surface area contributed by atoms with E-state index in [1.54, 1.807) is 48.5 Å². The quantitative estimate of drug-likeness (QED) is 0.119.